The fourth-order valence-corrected chi connectivity index (χ4v) is 3.27. The minimum atomic E-state index is -0.0714. The molecule has 0 radical (unpaired) electrons. The van der Waals surface area contributed by atoms with E-state index in [1.165, 1.54) is 0 Å². The Morgan fingerprint density at radius 1 is 1.17 bits per heavy atom. The van der Waals surface area contributed by atoms with Crippen LogP contribution in [0.4, 0.5) is 16.2 Å². The number of para-hydroxylation sites is 1. The summed E-state index contributed by atoms with van der Waals surface area (Å²) >= 11 is 0. The van der Waals surface area contributed by atoms with Gasteiger partial charge in [0.2, 0.25) is 0 Å². The van der Waals surface area contributed by atoms with Crippen molar-refractivity contribution in [1.29, 1.82) is 0 Å². The average Bonchev–Trinajstić information content (AvgIpc) is 2.62. The van der Waals surface area contributed by atoms with Gasteiger partial charge in [-0.2, -0.15) is 0 Å². The highest BCUT2D eigenvalue weighted by Gasteiger charge is 2.33. The van der Waals surface area contributed by atoms with Crippen molar-refractivity contribution in [3.8, 4) is 5.75 Å². The van der Waals surface area contributed by atoms with E-state index in [2.05, 4.69) is 23.6 Å². The maximum atomic E-state index is 12.3. The Labute approximate surface area is 142 Å². The van der Waals surface area contributed by atoms with Crippen LogP contribution >= 0.6 is 0 Å². The molecule has 0 bridgehead atoms. The second-order valence-electron chi connectivity index (χ2n) is 5.99. The third-order valence-electron chi connectivity index (χ3n) is 4.45. The standard InChI is InChI=1S/C19H23N3O2/c1-13-12-17(21-14-8-10-15(24-3)11-9-14)16-6-4-5-7-18(16)22(13)19(23)20-2/h4-11,13,17,21H,12H2,1-3H3,(H,20,23). The second kappa shape index (κ2) is 6.83. The van der Waals surface area contributed by atoms with Crippen LogP contribution in [-0.2, 0) is 0 Å². The van der Waals surface area contributed by atoms with E-state index in [1.807, 2.05) is 47.4 Å². The third kappa shape index (κ3) is 3.02. The van der Waals surface area contributed by atoms with Crippen LogP contribution < -0.4 is 20.3 Å². The molecule has 5 heteroatoms. The molecule has 0 spiro atoms. The maximum absolute atomic E-state index is 12.3. The zero-order chi connectivity index (χ0) is 17.1. The molecule has 0 aromatic heterocycles. The van der Waals surface area contributed by atoms with Gasteiger partial charge in [0, 0.05) is 18.8 Å². The molecule has 0 aliphatic carbocycles. The van der Waals surface area contributed by atoms with Crippen molar-refractivity contribution < 1.29 is 9.53 Å². The number of hydrogen-bond donors (Lipinski definition) is 2. The summed E-state index contributed by atoms with van der Waals surface area (Å²) in [6.07, 6.45) is 0.844. The van der Waals surface area contributed by atoms with E-state index in [-0.39, 0.29) is 18.1 Å². The number of methoxy groups -OCH3 is 1. The Kier molecular flexibility index (Phi) is 4.60. The van der Waals surface area contributed by atoms with E-state index >= 15 is 0 Å². The minimum absolute atomic E-state index is 0.0714. The van der Waals surface area contributed by atoms with Crippen LogP contribution in [-0.4, -0.2) is 26.2 Å². The van der Waals surface area contributed by atoms with Gasteiger partial charge in [-0.05, 0) is 49.2 Å². The Morgan fingerprint density at radius 3 is 2.54 bits per heavy atom. The number of nitrogens with one attached hydrogen (secondary N) is 2. The van der Waals surface area contributed by atoms with Gasteiger partial charge in [-0.3, -0.25) is 4.90 Å². The largest absolute Gasteiger partial charge is 0.497 e. The summed E-state index contributed by atoms with van der Waals surface area (Å²) in [5, 5.41) is 6.32. The van der Waals surface area contributed by atoms with Crippen molar-refractivity contribution in [1.82, 2.24) is 5.32 Å². The Balaban J connectivity index is 1.90. The van der Waals surface area contributed by atoms with Crippen LogP contribution in [0.15, 0.2) is 48.5 Å². The Morgan fingerprint density at radius 2 is 1.88 bits per heavy atom. The summed E-state index contributed by atoms with van der Waals surface area (Å²) in [6, 6.07) is 16.2. The molecule has 1 heterocycles. The average molecular weight is 325 g/mol. The van der Waals surface area contributed by atoms with Gasteiger partial charge in [0.25, 0.3) is 0 Å². The molecule has 3 rings (SSSR count). The first kappa shape index (κ1) is 16.2. The molecule has 2 aromatic carbocycles. The number of ether oxygens (including phenoxy) is 1. The number of benzene rings is 2. The SMILES string of the molecule is CNC(=O)N1c2ccccc2C(Nc2ccc(OC)cc2)CC1C. The molecule has 1 aliphatic rings. The lowest BCUT2D eigenvalue weighted by atomic mass is 9.91. The molecule has 2 unspecified atom stereocenters. The van der Waals surface area contributed by atoms with Gasteiger partial charge in [0.15, 0.2) is 0 Å². The first-order chi connectivity index (χ1) is 11.6. The first-order valence-electron chi connectivity index (χ1n) is 8.14. The molecule has 0 saturated heterocycles. The smallest absolute Gasteiger partial charge is 0.321 e. The molecule has 5 nitrogen and oxygen atoms in total. The van der Waals surface area contributed by atoms with Crippen molar-refractivity contribution in [3.05, 3.63) is 54.1 Å². The van der Waals surface area contributed by atoms with Crippen LogP contribution in [0, 0.1) is 0 Å². The Hall–Kier alpha value is -2.69. The van der Waals surface area contributed by atoms with Gasteiger partial charge in [-0.25, -0.2) is 4.79 Å². The number of amides is 2. The van der Waals surface area contributed by atoms with Crippen LogP contribution in [0.2, 0.25) is 0 Å². The van der Waals surface area contributed by atoms with Crippen molar-refractivity contribution in [2.45, 2.75) is 25.4 Å². The molecule has 2 aromatic rings. The molecule has 0 fully saturated rings. The Bertz CT molecular complexity index is 715. The summed E-state index contributed by atoms with van der Waals surface area (Å²) in [4.78, 5) is 14.1. The van der Waals surface area contributed by atoms with Crippen molar-refractivity contribution in [2.75, 3.05) is 24.4 Å². The number of nitrogens with zero attached hydrogens (tertiary/aromatic N) is 1. The van der Waals surface area contributed by atoms with E-state index < -0.39 is 0 Å². The predicted octanol–water partition coefficient (Wildman–Crippen LogP) is 3.79. The number of urea groups is 1. The zero-order valence-corrected chi connectivity index (χ0v) is 14.2. The lowest BCUT2D eigenvalue weighted by molar-refractivity contribution is 0.245. The highest BCUT2D eigenvalue weighted by Crippen LogP contribution is 2.38. The highest BCUT2D eigenvalue weighted by molar-refractivity contribution is 5.94. The third-order valence-corrected chi connectivity index (χ3v) is 4.45. The number of hydrogen-bond acceptors (Lipinski definition) is 3. The van der Waals surface area contributed by atoms with Crippen LogP contribution in [0.3, 0.4) is 0 Å². The summed E-state index contributed by atoms with van der Waals surface area (Å²) in [5.41, 5.74) is 3.13. The number of anilines is 2. The molecule has 2 N–H and O–H groups in total. The van der Waals surface area contributed by atoms with Crippen LogP contribution in [0.1, 0.15) is 24.9 Å². The minimum Gasteiger partial charge on any atom is -0.497 e. The molecule has 0 saturated carbocycles. The second-order valence-corrected chi connectivity index (χ2v) is 5.99. The number of carbonyl (C=O) groups is 1. The van der Waals surface area contributed by atoms with Gasteiger partial charge in [-0.1, -0.05) is 18.2 Å². The molecular formula is C19H23N3O2. The van der Waals surface area contributed by atoms with Gasteiger partial charge in [0.05, 0.1) is 18.8 Å². The van der Waals surface area contributed by atoms with E-state index in [0.29, 0.717) is 0 Å². The fourth-order valence-electron chi connectivity index (χ4n) is 3.27. The van der Waals surface area contributed by atoms with E-state index in [4.69, 9.17) is 4.74 Å². The lowest BCUT2D eigenvalue weighted by Crippen LogP contribution is -2.48. The van der Waals surface area contributed by atoms with Crippen molar-refractivity contribution >= 4 is 17.4 Å². The van der Waals surface area contributed by atoms with E-state index in [1.54, 1.807) is 14.2 Å². The quantitative estimate of drug-likeness (QED) is 0.903. The summed E-state index contributed by atoms with van der Waals surface area (Å²) in [5.74, 6) is 0.837. The summed E-state index contributed by atoms with van der Waals surface area (Å²) in [7, 11) is 3.33. The molecule has 126 valence electrons. The predicted molar refractivity (Wildman–Crippen MR) is 96.8 cm³/mol. The topological polar surface area (TPSA) is 53.6 Å². The normalized spacial score (nSPS) is 19.4. The van der Waals surface area contributed by atoms with E-state index in [0.717, 1.165) is 29.1 Å². The van der Waals surface area contributed by atoms with Crippen molar-refractivity contribution in [2.24, 2.45) is 0 Å². The molecule has 2 amide bonds. The molecule has 24 heavy (non-hydrogen) atoms. The van der Waals surface area contributed by atoms with Gasteiger partial charge >= 0.3 is 6.03 Å². The summed E-state index contributed by atoms with van der Waals surface area (Å²) in [6.45, 7) is 2.08. The number of carbonyl (C=O) groups excluding carboxylic acids is 1. The number of rotatable bonds is 3. The maximum Gasteiger partial charge on any atom is 0.321 e. The highest BCUT2D eigenvalue weighted by atomic mass is 16.5. The summed E-state index contributed by atoms with van der Waals surface area (Å²) < 4.78 is 5.21. The van der Waals surface area contributed by atoms with Crippen LogP contribution in [0.5, 0.6) is 5.75 Å². The number of fused-ring (bicyclic) bond motifs is 1. The molecule has 1 aliphatic heterocycles. The van der Waals surface area contributed by atoms with Gasteiger partial charge in [-0.15, -0.1) is 0 Å². The van der Waals surface area contributed by atoms with Gasteiger partial charge in [0.1, 0.15) is 5.75 Å². The lowest BCUT2D eigenvalue weighted by Gasteiger charge is -2.39. The van der Waals surface area contributed by atoms with Crippen LogP contribution in [0.25, 0.3) is 0 Å². The van der Waals surface area contributed by atoms with E-state index in [9.17, 15) is 4.79 Å². The van der Waals surface area contributed by atoms with Gasteiger partial charge < -0.3 is 15.4 Å². The van der Waals surface area contributed by atoms with Crippen molar-refractivity contribution in [3.63, 3.8) is 0 Å². The monoisotopic (exact) mass is 325 g/mol. The fraction of sp³-hybridized carbons (Fsp3) is 0.316. The molecule has 2 atom stereocenters. The zero-order valence-electron chi connectivity index (χ0n) is 14.2. The first-order valence-corrected chi connectivity index (χ1v) is 8.14. The molecular weight excluding hydrogens is 302 g/mol.